The van der Waals surface area contributed by atoms with E-state index in [-0.39, 0.29) is 30.2 Å². The molecule has 1 amide bonds. The maximum Gasteiger partial charge on any atom is 0.416 e. The molecule has 0 spiro atoms. The van der Waals surface area contributed by atoms with Crippen LogP contribution >= 0.6 is 0 Å². The van der Waals surface area contributed by atoms with E-state index in [0.717, 1.165) is 5.56 Å². The highest BCUT2D eigenvalue weighted by Crippen LogP contribution is 2.43. The van der Waals surface area contributed by atoms with Crippen LogP contribution in [0.2, 0.25) is 0 Å². The minimum absolute atomic E-state index is 0.0356. The molecule has 0 N–H and O–H groups in total. The summed E-state index contributed by atoms with van der Waals surface area (Å²) in [5.74, 6) is -0.226. The number of amides is 1. The van der Waals surface area contributed by atoms with Gasteiger partial charge in [-0.2, -0.15) is 26.3 Å². The summed E-state index contributed by atoms with van der Waals surface area (Å²) in [6.07, 6.45) is -12.4. The van der Waals surface area contributed by atoms with Crippen LogP contribution in [0, 0.1) is 5.82 Å². The summed E-state index contributed by atoms with van der Waals surface area (Å²) in [5.41, 5.74) is -0.196. The predicted molar refractivity (Wildman–Crippen MR) is 147 cm³/mol. The van der Waals surface area contributed by atoms with Gasteiger partial charge in [-0.3, -0.25) is 4.90 Å². The first-order chi connectivity index (χ1) is 19.9. The molecule has 3 aromatic rings. The van der Waals surface area contributed by atoms with Crippen LogP contribution in [-0.4, -0.2) is 24.1 Å². The van der Waals surface area contributed by atoms with Gasteiger partial charge in [-0.15, -0.1) is 0 Å². The average molecular weight is 612 g/mol. The average Bonchev–Trinajstić information content (AvgIpc) is 3.19. The summed E-state index contributed by atoms with van der Waals surface area (Å²) in [5, 5.41) is 0. The lowest BCUT2D eigenvalue weighted by Gasteiger charge is -2.25. The lowest BCUT2D eigenvalue weighted by Crippen LogP contribution is -2.31. The van der Waals surface area contributed by atoms with E-state index in [2.05, 4.69) is 0 Å². The fraction of sp³-hybridized carbons (Fsp3) is 0.406. The topological polar surface area (TPSA) is 38.8 Å². The molecule has 1 heterocycles. The number of benzene rings is 3. The summed E-state index contributed by atoms with van der Waals surface area (Å²) < 4.78 is 107. The highest BCUT2D eigenvalue weighted by molar-refractivity contribution is 5.76. The lowest BCUT2D eigenvalue weighted by molar-refractivity contribution is -0.143. The van der Waals surface area contributed by atoms with Crippen molar-refractivity contribution in [2.24, 2.45) is 0 Å². The molecule has 43 heavy (non-hydrogen) atoms. The molecular formula is C32H32F7NO3. The second kappa shape index (κ2) is 11.7. The number of carbonyl (C=O) groups is 1. The van der Waals surface area contributed by atoms with Gasteiger partial charge in [-0.25, -0.2) is 9.18 Å². The standard InChI is InChI=1S/C32H32F7NO3/c1-16(2)19-7-8-24(26-13-25(17(3)4)27(33)14-28(26)42-6)21(9-19)15-40-18(5)29(43-30(40)41)20-10-22(31(34,35)36)12-23(11-20)32(37,38)39/h7-14,16-18,29H,15H2,1-6H3/t18-,29?/m0/s1. The van der Waals surface area contributed by atoms with E-state index < -0.39 is 53.1 Å². The molecule has 4 rings (SSSR count). The van der Waals surface area contributed by atoms with E-state index >= 15 is 0 Å². The van der Waals surface area contributed by atoms with Crippen molar-refractivity contribution in [3.05, 3.63) is 87.7 Å². The summed E-state index contributed by atoms with van der Waals surface area (Å²) in [4.78, 5) is 14.4. The Morgan fingerprint density at radius 1 is 0.860 bits per heavy atom. The Bertz CT molecular complexity index is 1480. The van der Waals surface area contributed by atoms with Gasteiger partial charge in [0.2, 0.25) is 0 Å². The van der Waals surface area contributed by atoms with E-state index in [4.69, 9.17) is 9.47 Å². The number of hydrogen-bond donors (Lipinski definition) is 0. The molecule has 0 radical (unpaired) electrons. The zero-order valence-electron chi connectivity index (χ0n) is 24.5. The third-order valence-corrected chi connectivity index (χ3v) is 7.70. The van der Waals surface area contributed by atoms with Crippen molar-refractivity contribution in [1.82, 2.24) is 4.90 Å². The van der Waals surface area contributed by atoms with Gasteiger partial charge >= 0.3 is 18.4 Å². The van der Waals surface area contributed by atoms with Crippen molar-refractivity contribution < 1.29 is 45.0 Å². The van der Waals surface area contributed by atoms with Gasteiger partial charge in [-0.1, -0.05) is 45.9 Å². The first-order valence-electron chi connectivity index (χ1n) is 13.7. The van der Waals surface area contributed by atoms with E-state index in [9.17, 15) is 35.5 Å². The quantitative estimate of drug-likeness (QED) is 0.250. The van der Waals surface area contributed by atoms with Crippen LogP contribution in [0.3, 0.4) is 0 Å². The van der Waals surface area contributed by atoms with Crippen molar-refractivity contribution in [1.29, 1.82) is 0 Å². The van der Waals surface area contributed by atoms with Gasteiger partial charge in [-0.05, 0) is 70.8 Å². The molecule has 0 bridgehead atoms. The Balaban J connectivity index is 1.79. The summed E-state index contributed by atoms with van der Waals surface area (Å²) in [7, 11) is 1.41. The number of carbonyl (C=O) groups excluding carboxylic acids is 1. The van der Waals surface area contributed by atoms with Gasteiger partial charge in [0.15, 0.2) is 0 Å². The Labute approximate surface area is 245 Å². The SMILES string of the molecule is COc1cc(F)c(C(C)C)cc1-c1ccc(C(C)C)cc1CN1C(=O)OC(c2cc(C(F)(F)F)cc(C(F)(F)F)c2)[C@@H]1C. The van der Waals surface area contributed by atoms with E-state index in [1.807, 2.05) is 45.9 Å². The molecule has 1 aliphatic rings. The van der Waals surface area contributed by atoms with Crippen LogP contribution in [0.4, 0.5) is 35.5 Å². The van der Waals surface area contributed by atoms with Crippen molar-refractivity contribution in [3.63, 3.8) is 0 Å². The van der Waals surface area contributed by atoms with Crippen molar-refractivity contribution in [3.8, 4) is 16.9 Å². The Hall–Kier alpha value is -3.76. The molecule has 1 fully saturated rings. The van der Waals surface area contributed by atoms with Gasteiger partial charge < -0.3 is 9.47 Å². The fourth-order valence-corrected chi connectivity index (χ4v) is 5.25. The van der Waals surface area contributed by atoms with Crippen molar-refractivity contribution in [2.45, 2.75) is 77.5 Å². The number of halogens is 7. The first-order valence-corrected chi connectivity index (χ1v) is 13.7. The normalized spacial score (nSPS) is 17.7. The highest BCUT2D eigenvalue weighted by atomic mass is 19.4. The number of cyclic esters (lactones) is 1. The molecule has 0 aliphatic carbocycles. The molecule has 11 heteroatoms. The monoisotopic (exact) mass is 611 g/mol. The van der Waals surface area contributed by atoms with Crippen molar-refractivity contribution >= 4 is 6.09 Å². The largest absolute Gasteiger partial charge is 0.496 e. The maximum absolute atomic E-state index is 14.8. The smallest absolute Gasteiger partial charge is 0.416 e. The molecular weight excluding hydrogens is 579 g/mol. The van der Waals surface area contributed by atoms with Gasteiger partial charge in [0.1, 0.15) is 17.7 Å². The molecule has 2 atom stereocenters. The molecule has 4 nitrogen and oxygen atoms in total. The van der Waals surface area contributed by atoms with Crippen LogP contribution in [-0.2, 0) is 23.6 Å². The van der Waals surface area contributed by atoms with Crippen LogP contribution in [0.5, 0.6) is 5.75 Å². The minimum Gasteiger partial charge on any atom is -0.496 e. The molecule has 0 saturated carbocycles. The number of hydrogen-bond acceptors (Lipinski definition) is 3. The van der Waals surface area contributed by atoms with E-state index in [1.54, 1.807) is 6.07 Å². The van der Waals surface area contributed by atoms with E-state index in [0.29, 0.717) is 34.4 Å². The minimum atomic E-state index is -5.04. The van der Waals surface area contributed by atoms with Crippen LogP contribution < -0.4 is 4.74 Å². The molecule has 0 aromatic heterocycles. The lowest BCUT2D eigenvalue weighted by atomic mass is 9.90. The van der Waals surface area contributed by atoms with Gasteiger partial charge in [0, 0.05) is 11.6 Å². The zero-order chi connectivity index (χ0) is 32.0. The number of nitrogens with zero attached hydrogens (tertiary/aromatic N) is 1. The number of methoxy groups -OCH3 is 1. The second-order valence-electron chi connectivity index (χ2n) is 11.3. The highest BCUT2D eigenvalue weighted by Gasteiger charge is 2.43. The van der Waals surface area contributed by atoms with Crippen LogP contribution in [0.15, 0.2) is 48.5 Å². The third kappa shape index (κ3) is 6.60. The first kappa shape index (κ1) is 32.2. The molecule has 1 aliphatic heterocycles. The van der Waals surface area contributed by atoms with Crippen molar-refractivity contribution in [2.75, 3.05) is 7.11 Å². The summed E-state index contributed by atoms with van der Waals surface area (Å²) >= 11 is 0. The van der Waals surface area contributed by atoms with Crippen LogP contribution in [0.25, 0.3) is 11.1 Å². The molecule has 3 aromatic carbocycles. The Morgan fingerprint density at radius 2 is 1.47 bits per heavy atom. The summed E-state index contributed by atoms with van der Waals surface area (Å²) in [6, 6.07) is 8.85. The Kier molecular flexibility index (Phi) is 8.77. The van der Waals surface area contributed by atoms with Gasteiger partial charge in [0.25, 0.3) is 0 Å². The molecule has 232 valence electrons. The second-order valence-corrected chi connectivity index (χ2v) is 11.3. The zero-order valence-corrected chi connectivity index (χ0v) is 24.5. The Morgan fingerprint density at radius 3 is 1.98 bits per heavy atom. The van der Waals surface area contributed by atoms with Crippen LogP contribution in [0.1, 0.15) is 85.9 Å². The predicted octanol–water partition coefficient (Wildman–Crippen LogP) is 9.87. The third-order valence-electron chi connectivity index (χ3n) is 7.70. The fourth-order valence-electron chi connectivity index (χ4n) is 5.25. The molecule has 1 saturated heterocycles. The molecule has 1 unspecified atom stereocenters. The van der Waals surface area contributed by atoms with E-state index in [1.165, 1.54) is 25.0 Å². The number of ether oxygens (including phenoxy) is 2. The van der Waals surface area contributed by atoms with Gasteiger partial charge in [0.05, 0.1) is 30.8 Å². The number of rotatable bonds is 7. The maximum atomic E-state index is 14.8. The number of alkyl halides is 6. The summed E-state index contributed by atoms with van der Waals surface area (Å²) in [6.45, 7) is 9.07.